The number of hydrogen-bond acceptors (Lipinski definition) is 5. The van der Waals surface area contributed by atoms with Gasteiger partial charge in [0.05, 0.1) is 13.0 Å². The minimum absolute atomic E-state index is 0.0869. The highest BCUT2D eigenvalue weighted by molar-refractivity contribution is 5.85. The molecule has 0 radical (unpaired) electrons. The molecule has 1 aromatic heterocycles. The Kier molecular flexibility index (Phi) is 6.33. The second-order valence-electron chi connectivity index (χ2n) is 6.70. The predicted octanol–water partition coefficient (Wildman–Crippen LogP) is 4.20. The van der Waals surface area contributed by atoms with Crippen molar-refractivity contribution in [2.24, 2.45) is 0 Å². The Morgan fingerprint density at radius 2 is 1.85 bits per heavy atom. The van der Waals surface area contributed by atoms with Crippen LogP contribution in [0.15, 0.2) is 42.6 Å². The summed E-state index contributed by atoms with van der Waals surface area (Å²) in [4.78, 5) is 28.2. The molecule has 0 atom stereocenters. The molecule has 0 saturated carbocycles. The molecule has 0 aliphatic heterocycles. The Labute approximate surface area is 153 Å². The monoisotopic (exact) mass is 356 g/mol. The first-order chi connectivity index (χ1) is 12.3. The first-order valence-corrected chi connectivity index (χ1v) is 8.48. The van der Waals surface area contributed by atoms with Crippen LogP contribution in [0.1, 0.15) is 33.3 Å². The summed E-state index contributed by atoms with van der Waals surface area (Å²) in [6.45, 7) is 7.42. The molecule has 2 rings (SSSR count). The number of hydrogen-bond donors (Lipinski definition) is 1. The normalized spacial score (nSPS) is 10.9. The van der Waals surface area contributed by atoms with Crippen molar-refractivity contribution >= 4 is 17.9 Å². The lowest BCUT2D eigenvalue weighted by Crippen LogP contribution is -2.27. The lowest BCUT2D eigenvalue weighted by Gasteiger charge is -2.19. The Bertz CT molecular complexity index is 767. The number of carbonyl (C=O) groups is 2. The topological polar surface area (TPSA) is 77.5 Å². The van der Waals surface area contributed by atoms with Crippen molar-refractivity contribution in [3.8, 4) is 11.1 Å². The molecule has 0 bridgehead atoms. The number of anilines is 1. The van der Waals surface area contributed by atoms with E-state index in [4.69, 9.17) is 9.47 Å². The zero-order valence-electron chi connectivity index (χ0n) is 15.5. The molecule has 26 heavy (non-hydrogen) atoms. The van der Waals surface area contributed by atoms with Gasteiger partial charge in [0, 0.05) is 11.8 Å². The van der Waals surface area contributed by atoms with E-state index in [0.29, 0.717) is 12.4 Å². The van der Waals surface area contributed by atoms with Gasteiger partial charge in [-0.2, -0.15) is 0 Å². The van der Waals surface area contributed by atoms with E-state index < -0.39 is 11.7 Å². The van der Waals surface area contributed by atoms with Crippen LogP contribution in [-0.2, 0) is 20.7 Å². The first kappa shape index (κ1) is 19.4. The largest absolute Gasteiger partial charge is 0.466 e. The van der Waals surface area contributed by atoms with Crippen LogP contribution in [0.2, 0.25) is 0 Å². The van der Waals surface area contributed by atoms with Gasteiger partial charge in [-0.1, -0.05) is 30.3 Å². The molecule has 0 unspecified atom stereocenters. The fourth-order valence-corrected chi connectivity index (χ4v) is 2.37. The number of nitrogens with one attached hydrogen (secondary N) is 1. The Hall–Kier alpha value is -2.89. The van der Waals surface area contributed by atoms with Crippen molar-refractivity contribution in [2.75, 3.05) is 11.9 Å². The number of nitrogens with zero attached hydrogens (tertiary/aromatic N) is 1. The highest BCUT2D eigenvalue weighted by atomic mass is 16.6. The summed E-state index contributed by atoms with van der Waals surface area (Å²) in [6.07, 6.45) is 1.12. The highest BCUT2D eigenvalue weighted by Gasteiger charge is 2.18. The first-order valence-electron chi connectivity index (χ1n) is 8.48. The van der Waals surface area contributed by atoms with Gasteiger partial charge in [-0.05, 0) is 44.9 Å². The van der Waals surface area contributed by atoms with Crippen LogP contribution in [0.25, 0.3) is 11.1 Å². The molecule has 6 heteroatoms. The number of ether oxygens (including phenoxy) is 2. The fraction of sp³-hybridized carbons (Fsp3) is 0.350. The molecule has 0 spiro atoms. The number of carbonyl (C=O) groups excluding carboxylic acids is 2. The summed E-state index contributed by atoms with van der Waals surface area (Å²) in [5, 5.41) is 2.60. The summed E-state index contributed by atoms with van der Waals surface area (Å²) < 4.78 is 10.3. The Morgan fingerprint density at radius 1 is 1.15 bits per heavy atom. The van der Waals surface area contributed by atoms with Crippen molar-refractivity contribution in [1.29, 1.82) is 0 Å². The van der Waals surface area contributed by atoms with Crippen LogP contribution in [0.5, 0.6) is 0 Å². The summed E-state index contributed by atoms with van der Waals surface area (Å²) in [5.41, 5.74) is 1.86. The third-order valence-electron chi connectivity index (χ3n) is 3.34. The van der Waals surface area contributed by atoms with E-state index >= 15 is 0 Å². The molecule has 0 fully saturated rings. The molecule has 1 amide bonds. The zero-order chi connectivity index (χ0) is 19.2. The Balaban J connectivity index is 2.30. The molecule has 0 saturated heterocycles. The maximum Gasteiger partial charge on any atom is 0.413 e. The van der Waals surface area contributed by atoms with E-state index in [9.17, 15) is 9.59 Å². The number of amides is 1. The smallest absolute Gasteiger partial charge is 0.413 e. The maximum atomic E-state index is 12.0. The molecule has 0 aliphatic rings. The lowest BCUT2D eigenvalue weighted by molar-refractivity contribution is -0.142. The number of esters is 1. The summed E-state index contributed by atoms with van der Waals surface area (Å²) in [5.74, 6) is -0.0164. The van der Waals surface area contributed by atoms with Crippen LogP contribution >= 0.6 is 0 Å². The molecule has 2 aromatic rings. The van der Waals surface area contributed by atoms with Crippen LogP contribution in [-0.4, -0.2) is 29.3 Å². The fourth-order valence-electron chi connectivity index (χ4n) is 2.37. The van der Waals surface area contributed by atoms with Crippen molar-refractivity contribution in [3.05, 3.63) is 48.2 Å². The minimum Gasteiger partial charge on any atom is -0.466 e. The second-order valence-corrected chi connectivity index (χ2v) is 6.70. The van der Waals surface area contributed by atoms with Crippen LogP contribution in [0.3, 0.4) is 0 Å². The quantitative estimate of drug-likeness (QED) is 0.812. The van der Waals surface area contributed by atoms with E-state index in [1.807, 2.05) is 30.3 Å². The van der Waals surface area contributed by atoms with Gasteiger partial charge < -0.3 is 9.47 Å². The molecule has 1 heterocycles. The van der Waals surface area contributed by atoms with E-state index in [2.05, 4.69) is 10.3 Å². The van der Waals surface area contributed by atoms with Crippen molar-refractivity contribution in [1.82, 2.24) is 4.98 Å². The number of aromatic nitrogens is 1. The molecule has 1 aromatic carbocycles. The third-order valence-corrected chi connectivity index (χ3v) is 3.34. The molecule has 138 valence electrons. The predicted molar refractivity (Wildman–Crippen MR) is 99.9 cm³/mol. The summed E-state index contributed by atoms with van der Waals surface area (Å²) in [7, 11) is 0. The summed E-state index contributed by atoms with van der Waals surface area (Å²) in [6, 6.07) is 11.3. The minimum atomic E-state index is -0.609. The standard InChI is InChI=1S/C20H24N2O4/c1-5-25-18(23)12-15-11-17(22-19(24)26-20(2,3)4)21-13-16(15)14-9-7-6-8-10-14/h6-11,13H,5,12H2,1-4H3,(H,21,22,24). The van der Waals surface area contributed by atoms with Gasteiger partial charge in [-0.15, -0.1) is 0 Å². The van der Waals surface area contributed by atoms with Gasteiger partial charge in [0.1, 0.15) is 11.4 Å². The van der Waals surface area contributed by atoms with Crippen molar-refractivity contribution in [3.63, 3.8) is 0 Å². The molecular weight excluding hydrogens is 332 g/mol. The molecule has 6 nitrogen and oxygen atoms in total. The molecule has 0 aliphatic carbocycles. The van der Waals surface area contributed by atoms with Crippen molar-refractivity contribution < 1.29 is 19.1 Å². The molecule has 1 N–H and O–H groups in total. The maximum absolute atomic E-state index is 12.0. The number of benzene rings is 1. The zero-order valence-corrected chi connectivity index (χ0v) is 15.5. The van der Waals surface area contributed by atoms with Crippen molar-refractivity contribution in [2.45, 2.75) is 39.7 Å². The van der Waals surface area contributed by atoms with Gasteiger partial charge in [0.25, 0.3) is 0 Å². The Morgan fingerprint density at radius 3 is 2.46 bits per heavy atom. The average molecular weight is 356 g/mol. The number of pyridine rings is 1. The van der Waals surface area contributed by atoms with Gasteiger partial charge in [0.15, 0.2) is 0 Å². The van der Waals surface area contributed by atoms with Gasteiger partial charge >= 0.3 is 12.1 Å². The highest BCUT2D eigenvalue weighted by Crippen LogP contribution is 2.26. The van der Waals surface area contributed by atoms with E-state index in [1.54, 1.807) is 40.0 Å². The number of rotatable bonds is 5. The SMILES string of the molecule is CCOC(=O)Cc1cc(NC(=O)OC(C)(C)C)ncc1-c1ccccc1. The van der Waals surface area contributed by atoms with Crippen LogP contribution in [0.4, 0.5) is 10.6 Å². The van der Waals surface area contributed by atoms with E-state index in [0.717, 1.165) is 16.7 Å². The third kappa shape index (κ3) is 5.88. The van der Waals surface area contributed by atoms with Gasteiger partial charge in [-0.3, -0.25) is 10.1 Å². The summed E-state index contributed by atoms with van der Waals surface area (Å²) >= 11 is 0. The molecular formula is C20H24N2O4. The van der Waals surface area contributed by atoms with E-state index in [-0.39, 0.29) is 12.4 Å². The van der Waals surface area contributed by atoms with Gasteiger partial charge in [0.2, 0.25) is 0 Å². The average Bonchev–Trinajstić information content (AvgIpc) is 2.54. The van der Waals surface area contributed by atoms with Crippen LogP contribution in [0, 0.1) is 0 Å². The van der Waals surface area contributed by atoms with Crippen LogP contribution < -0.4 is 5.32 Å². The van der Waals surface area contributed by atoms with E-state index in [1.165, 1.54) is 0 Å². The lowest BCUT2D eigenvalue weighted by atomic mass is 10.00. The second kappa shape index (κ2) is 8.47. The van der Waals surface area contributed by atoms with Gasteiger partial charge in [-0.25, -0.2) is 9.78 Å².